The van der Waals surface area contributed by atoms with E-state index >= 15 is 0 Å². The first-order valence-electron chi connectivity index (χ1n) is 4.75. The molecule has 1 atom stereocenters. The Morgan fingerprint density at radius 3 is 2.35 bits per heavy atom. The molecule has 0 saturated carbocycles. The number of hydrogen-bond donors (Lipinski definition) is 0. The van der Waals surface area contributed by atoms with Crippen molar-refractivity contribution in [2.75, 3.05) is 9.36 Å². The third-order valence-electron chi connectivity index (χ3n) is 1.95. The molecule has 0 spiro atoms. The number of carbonyl (C=O) groups is 1. The second-order valence-corrected chi connectivity index (χ2v) is 8.47. The fraction of sp³-hybridized carbons (Fsp3) is 0.364. The van der Waals surface area contributed by atoms with E-state index in [1.165, 1.54) is 0 Å². The van der Waals surface area contributed by atoms with Gasteiger partial charge in [0.1, 0.15) is 0 Å². The number of rotatable bonds is 4. The van der Waals surface area contributed by atoms with Gasteiger partial charge in [-0.25, -0.2) is 0 Å². The molecule has 0 heterocycles. The van der Waals surface area contributed by atoms with E-state index in [9.17, 15) is 4.79 Å². The Morgan fingerprint density at radius 2 is 1.88 bits per heavy atom. The first-order valence-corrected chi connectivity index (χ1v) is 10.8. The molecule has 1 aromatic rings. The molecule has 6 heteroatoms. The molecule has 0 aliphatic rings. The van der Waals surface area contributed by atoms with Crippen molar-refractivity contribution in [1.29, 1.82) is 0 Å². The topological polar surface area (TPSA) is 26.3 Å². The third kappa shape index (κ3) is 4.80. The van der Waals surface area contributed by atoms with Crippen molar-refractivity contribution in [2.24, 2.45) is 5.92 Å². The van der Waals surface area contributed by atoms with Crippen molar-refractivity contribution >= 4 is 53.8 Å². The van der Waals surface area contributed by atoms with E-state index in [2.05, 4.69) is 52.7 Å². The molecule has 0 aliphatic heterocycles. The second-order valence-electron chi connectivity index (χ2n) is 3.44. The Kier molecular flexibility index (Phi) is 6.97. The summed E-state index contributed by atoms with van der Waals surface area (Å²) in [5.41, 5.74) is 0. The van der Waals surface area contributed by atoms with Crippen LogP contribution in [0, 0.1) is 5.92 Å². The molecule has 0 saturated heterocycles. The van der Waals surface area contributed by atoms with Gasteiger partial charge in [0.25, 0.3) is 0 Å². The van der Waals surface area contributed by atoms with E-state index in [1.54, 1.807) is 0 Å². The number of benzene rings is 1. The van der Waals surface area contributed by atoms with Gasteiger partial charge in [-0.15, -0.1) is 0 Å². The van der Waals surface area contributed by atoms with E-state index in [0.29, 0.717) is 5.75 Å². The van der Waals surface area contributed by atoms with Crippen LogP contribution in [0.25, 0.3) is 0 Å². The van der Waals surface area contributed by atoms with Gasteiger partial charge in [-0.1, -0.05) is 0 Å². The van der Waals surface area contributed by atoms with Crippen LogP contribution in [-0.4, -0.2) is 15.3 Å². The maximum atomic E-state index is 11.8. The zero-order valence-corrected chi connectivity index (χ0v) is 16.2. The van der Waals surface area contributed by atoms with E-state index in [0.717, 1.165) is 17.8 Å². The van der Waals surface area contributed by atoms with Crippen molar-refractivity contribution in [2.45, 2.75) is 6.92 Å². The molecule has 1 aromatic carbocycles. The summed E-state index contributed by atoms with van der Waals surface area (Å²) in [5.74, 6) is 0.338. The summed E-state index contributed by atoms with van der Waals surface area (Å²) in [4.78, 5) is 14.0. The monoisotopic (exact) mass is 539 g/mol. The molecular weight excluding hydrogens is 531 g/mol. The Hall–Kier alpha value is 0.860. The Labute approximate surface area is 137 Å². The minimum absolute atomic E-state index is 0.0322. The summed E-state index contributed by atoms with van der Waals surface area (Å²) in [6.07, 6.45) is 0. The zero-order valence-electron chi connectivity index (χ0n) is 9.27. The molecular formula is C11H11Br3IO2-. The summed E-state index contributed by atoms with van der Waals surface area (Å²) in [6, 6.07) is 3.70. The second kappa shape index (κ2) is 7.45. The van der Waals surface area contributed by atoms with Crippen LogP contribution in [0.4, 0.5) is 0 Å². The molecule has 0 fully saturated rings. The molecule has 0 aromatic heterocycles. The Morgan fingerprint density at radius 1 is 1.35 bits per heavy atom. The van der Waals surface area contributed by atoms with E-state index < -0.39 is 0 Å². The van der Waals surface area contributed by atoms with Crippen molar-refractivity contribution < 1.29 is 30.7 Å². The molecule has 0 aliphatic carbocycles. The van der Waals surface area contributed by atoms with Crippen molar-refractivity contribution in [3.63, 3.8) is 0 Å². The molecule has 0 N–H and O–H groups in total. The summed E-state index contributed by atoms with van der Waals surface area (Å²) >= 11 is 10.2. The molecule has 0 amide bonds. The summed E-state index contributed by atoms with van der Waals surface area (Å²) in [5, 5.41) is 0. The SMILES string of the molecule is C[I-]CC(C)C(=O)Oc1c(Br)cc(Br)cc1Br. The first-order chi connectivity index (χ1) is 7.95. The fourth-order valence-corrected chi connectivity index (χ4v) is 5.22. The number of ether oxygens (including phenoxy) is 1. The van der Waals surface area contributed by atoms with Crippen molar-refractivity contribution in [1.82, 2.24) is 0 Å². The average molecular weight is 542 g/mol. The number of esters is 1. The summed E-state index contributed by atoms with van der Waals surface area (Å²) in [6.45, 7) is 1.91. The average Bonchev–Trinajstić information content (AvgIpc) is 2.23. The summed E-state index contributed by atoms with van der Waals surface area (Å²) < 4.78 is 8.79. The van der Waals surface area contributed by atoms with Crippen LogP contribution in [0.5, 0.6) is 5.75 Å². The van der Waals surface area contributed by atoms with Gasteiger partial charge in [0.15, 0.2) is 0 Å². The van der Waals surface area contributed by atoms with Gasteiger partial charge >= 0.3 is 138 Å². The molecule has 96 valence electrons. The third-order valence-corrected chi connectivity index (χ3v) is 5.79. The first kappa shape index (κ1) is 15.9. The van der Waals surface area contributed by atoms with Crippen LogP contribution in [0.2, 0.25) is 0 Å². The quantitative estimate of drug-likeness (QED) is 0.248. The number of carbonyl (C=O) groups excluding carboxylic acids is 1. The van der Waals surface area contributed by atoms with Crippen molar-refractivity contribution in [3.8, 4) is 5.75 Å². The molecule has 1 unspecified atom stereocenters. The fourth-order valence-electron chi connectivity index (χ4n) is 1.12. The Balaban J connectivity index is 2.85. The Bertz CT molecular complexity index is 400. The predicted octanol–water partition coefficient (Wildman–Crippen LogP) is 1.23. The molecule has 1 rings (SSSR count). The zero-order chi connectivity index (χ0) is 13.0. The van der Waals surface area contributed by atoms with Gasteiger partial charge in [-0.3, -0.25) is 0 Å². The minimum atomic E-state index is -0.171. The maximum absolute atomic E-state index is 11.8. The van der Waals surface area contributed by atoms with Gasteiger partial charge in [0.05, 0.1) is 0 Å². The molecule has 17 heavy (non-hydrogen) atoms. The predicted molar refractivity (Wildman–Crippen MR) is 75.1 cm³/mol. The van der Waals surface area contributed by atoms with Crippen LogP contribution in [-0.2, 0) is 4.79 Å². The van der Waals surface area contributed by atoms with Crippen LogP contribution in [0.1, 0.15) is 6.92 Å². The number of alkyl halides is 2. The standard InChI is InChI=1S/C11H11Br3IO2/c1-6(5-15-2)11(16)17-10-8(13)3-7(12)4-9(10)14/h3-4,6H,5H2,1-2H3/q-1. The molecule has 2 nitrogen and oxygen atoms in total. The molecule has 0 radical (unpaired) electrons. The molecule has 0 bridgehead atoms. The van der Waals surface area contributed by atoms with Gasteiger partial charge in [0, 0.05) is 0 Å². The number of hydrogen-bond acceptors (Lipinski definition) is 2. The normalized spacial score (nSPS) is 12.5. The van der Waals surface area contributed by atoms with Crippen LogP contribution < -0.4 is 25.9 Å². The van der Waals surface area contributed by atoms with Gasteiger partial charge in [-0.05, 0) is 0 Å². The van der Waals surface area contributed by atoms with E-state index in [4.69, 9.17) is 4.74 Å². The van der Waals surface area contributed by atoms with Gasteiger partial charge in [-0.2, -0.15) is 0 Å². The number of halogens is 4. The van der Waals surface area contributed by atoms with Crippen molar-refractivity contribution in [3.05, 3.63) is 25.6 Å². The van der Waals surface area contributed by atoms with Crippen LogP contribution in [0.3, 0.4) is 0 Å². The summed E-state index contributed by atoms with van der Waals surface area (Å²) in [7, 11) is 0. The van der Waals surface area contributed by atoms with Gasteiger partial charge < -0.3 is 0 Å². The van der Waals surface area contributed by atoms with E-state index in [1.807, 2.05) is 19.1 Å². The van der Waals surface area contributed by atoms with Crippen LogP contribution in [0.15, 0.2) is 25.6 Å². The van der Waals surface area contributed by atoms with E-state index in [-0.39, 0.29) is 33.1 Å². The van der Waals surface area contributed by atoms with Gasteiger partial charge in [0.2, 0.25) is 0 Å². The van der Waals surface area contributed by atoms with Crippen LogP contribution >= 0.6 is 47.8 Å².